The molecule has 4 nitrogen and oxygen atoms in total. The Balaban J connectivity index is 1.04. The maximum absolute atomic E-state index is 2.56. The highest BCUT2D eigenvalue weighted by atomic mass is 15.2. The monoisotopic (exact) mass is 902 g/mol. The molecular formula is C66H43BN4. The third kappa shape index (κ3) is 5.87. The van der Waals surface area contributed by atoms with Crippen molar-refractivity contribution in [3.63, 3.8) is 0 Å². The summed E-state index contributed by atoms with van der Waals surface area (Å²) >= 11 is 0. The van der Waals surface area contributed by atoms with Crippen LogP contribution in [0.3, 0.4) is 0 Å². The first-order valence-corrected chi connectivity index (χ1v) is 24.6. The fraction of sp³-hybridized carbons (Fsp3) is 0. The highest BCUT2D eigenvalue weighted by Gasteiger charge is 2.44. The van der Waals surface area contributed by atoms with Crippen molar-refractivity contribution in [3.05, 3.63) is 261 Å². The molecule has 13 aromatic rings. The SMILES string of the molecule is c1ccc(-c2ccccc2N2c3cc(-n4c5ccccc5c5ccccc54)ccc3B3c4ccc(-n5c6ccccc6c6ccccc65)cc4N(c4ccccc4-c4ccccc4)c4cccc2c43)cc1. The lowest BCUT2D eigenvalue weighted by atomic mass is 9.33. The van der Waals surface area contributed by atoms with Gasteiger partial charge in [0.15, 0.2) is 0 Å². The van der Waals surface area contributed by atoms with Gasteiger partial charge in [0.05, 0.1) is 33.4 Å². The maximum Gasteiger partial charge on any atom is 0.252 e. The van der Waals surface area contributed by atoms with Gasteiger partial charge in [0.2, 0.25) is 0 Å². The Bertz CT molecular complexity index is 3890. The van der Waals surface area contributed by atoms with Gasteiger partial charge in [0.25, 0.3) is 6.71 Å². The zero-order chi connectivity index (χ0) is 46.6. The quantitative estimate of drug-likeness (QED) is 0.155. The van der Waals surface area contributed by atoms with Crippen LogP contribution >= 0.6 is 0 Å². The van der Waals surface area contributed by atoms with E-state index in [9.17, 15) is 0 Å². The lowest BCUT2D eigenvalue weighted by molar-refractivity contribution is 1.17. The molecule has 0 N–H and O–H groups in total. The third-order valence-electron chi connectivity index (χ3n) is 15.1. The molecule has 2 aliphatic heterocycles. The Hall–Kier alpha value is -9.32. The molecule has 2 aliphatic rings. The van der Waals surface area contributed by atoms with Crippen molar-refractivity contribution in [1.82, 2.24) is 9.13 Å². The third-order valence-corrected chi connectivity index (χ3v) is 15.1. The molecule has 330 valence electrons. The van der Waals surface area contributed by atoms with Crippen LogP contribution in [-0.2, 0) is 0 Å². The molecule has 15 rings (SSSR count). The molecule has 0 fully saturated rings. The topological polar surface area (TPSA) is 16.3 Å². The molecule has 0 bridgehead atoms. The van der Waals surface area contributed by atoms with Crippen LogP contribution in [0, 0.1) is 0 Å². The van der Waals surface area contributed by atoms with Crippen molar-refractivity contribution in [2.45, 2.75) is 0 Å². The minimum Gasteiger partial charge on any atom is -0.311 e. The van der Waals surface area contributed by atoms with Gasteiger partial charge in [-0.2, -0.15) is 0 Å². The summed E-state index contributed by atoms with van der Waals surface area (Å²) in [5.74, 6) is 0. The van der Waals surface area contributed by atoms with Gasteiger partial charge in [-0.15, -0.1) is 0 Å². The summed E-state index contributed by atoms with van der Waals surface area (Å²) in [6.07, 6.45) is 0. The van der Waals surface area contributed by atoms with Crippen LogP contribution in [0.25, 0.3) is 77.2 Å². The Labute approximate surface area is 412 Å². The second-order valence-corrected chi connectivity index (χ2v) is 18.8. The average Bonchev–Trinajstić information content (AvgIpc) is 3.96. The predicted octanol–water partition coefficient (Wildman–Crippen LogP) is 15.3. The van der Waals surface area contributed by atoms with Crippen LogP contribution in [0.15, 0.2) is 261 Å². The highest BCUT2D eigenvalue weighted by molar-refractivity contribution is 7.00. The summed E-state index contributed by atoms with van der Waals surface area (Å²) in [5, 5.41) is 4.99. The molecular weight excluding hydrogens is 860 g/mol. The van der Waals surface area contributed by atoms with Crippen molar-refractivity contribution in [2.24, 2.45) is 0 Å². The molecule has 0 atom stereocenters. The van der Waals surface area contributed by atoms with Gasteiger partial charge in [-0.3, -0.25) is 0 Å². The Kier molecular flexibility index (Phi) is 8.72. The molecule has 0 spiro atoms. The Morgan fingerprint density at radius 3 is 1.00 bits per heavy atom. The summed E-state index contributed by atoms with van der Waals surface area (Å²) in [7, 11) is 0. The standard InChI is InChI=1S/C66H43BN4/c1-3-20-44(21-4-1)48-24-7-13-30-56(48)70-62-36-19-37-63-66(62)67(54-40-38-46(42-64(54)70)68-58-32-15-9-26-50(58)51-27-10-16-33-59(51)68)55-41-39-47(69-60-34-17-11-28-52(60)53-29-12-18-35-61(53)69)43-65(55)71(63)57-31-14-8-25-49(57)45-22-5-2-6-23-45/h1-43H. The van der Waals surface area contributed by atoms with E-state index in [2.05, 4.69) is 280 Å². The van der Waals surface area contributed by atoms with Crippen molar-refractivity contribution in [2.75, 3.05) is 9.80 Å². The van der Waals surface area contributed by atoms with Crippen molar-refractivity contribution in [3.8, 4) is 33.6 Å². The van der Waals surface area contributed by atoms with Crippen molar-refractivity contribution in [1.29, 1.82) is 0 Å². The zero-order valence-corrected chi connectivity index (χ0v) is 38.7. The molecule has 0 saturated heterocycles. The van der Waals surface area contributed by atoms with E-state index in [1.807, 2.05) is 0 Å². The van der Waals surface area contributed by atoms with E-state index in [-0.39, 0.29) is 6.71 Å². The Morgan fingerprint density at radius 1 is 0.254 bits per heavy atom. The first-order chi connectivity index (χ1) is 35.3. The number of nitrogens with zero attached hydrogens (tertiary/aromatic N) is 4. The molecule has 0 amide bonds. The van der Waals surface area contributed by atoms with E-state index in [0.29, 0.717) is 0 Å². The number of para-hydroxylation sites is 6. The lowest BCUT2D eigenvalue weighted by Gasteiger charge is -2.45. The minimum atomic E-state index is -0.0779. The van der Waals surface area contributed by atoms with Gasteiger partial charge in [0.1, 0.15) is 0 Å². The minimum absolute atomic E-state index is 0.0779. The fourth-order valence-electron chi connectivity index (χ4n) is 12.2. The van der Waals surface area contributed by atoms with Crippen LogP contribution in [0.5, 0.6) is 0 Å². The predicted molar refractivity (Wildman–Crippen MR) is 300 cm³/mol. The molecule has 2 aromatic heterocycles. The summed E-state index contributed by atoms with van der Waals surface area (Å²) in [4.78, 5) is 5.12. The number of hydrogen-bond donors (Lipinski definition) is 0. The number of benzene rings is 11. The zero-order valence-electron chi connectivity index (χ0n) is 38.7. The second kappa shape index (κ2) is 15.6. The number of anilines is 6. The molecule has 0 radical (unpaired) electrons. The van der Waals surface area contributed by atoms with E-state index in [1.165, 1.54) is 93.6 Å². The van der Waals surface area contributed by atoms with Gasteiger partial charge in [-0.1, -0.05) is 188 Å². The summed E-state index contributed by atoms with van der Waals surface area (Å²) < 4.78 is 4.90. The van der Waals surface area contributed by atoms with Gasteiger partial charge >= 0.3 is 0 Å². The lowest BCUT2D eigenvalue weighted by Crippen LogP contribution is -2.61. The number of hydrogen-bond acceptors (Lipinski definition) is 2. The van der Waals surface area contributed by atoms with Crippen molar-refractivity contribution < 1.29 is 0 Å². The summed E-state index contributed by atoms with van der Waals surface area (Å²) in [6.45, 7) is -0.0779. The molecule has 4 heterocycles. The molecule has 11 aromatic carbocycles. The summed E-state index contributed by atoms with van der Waals surface area (Å²) in [5.41, 5.74) is 22.5. The second-order valence-electron chi connectivity index (χ2n) is 18.8. The fourth-order valence-corrected chi connectivity index (χ4v) is 12.2. The first kappa shape index (κ1) is 39.7. The van der Waals surface area contributed by atoms with Gasteiger partial charge < -0.3 is 18.9 Å². The van der Waals surface area contributed by atoms with Crippen LogP contribution in [-0.4, -0.2) is 15.8 Å². The average molecular weight is 903 g/mol. The molecule has 0 unspecified atom stereocenters. The van der Waals surface area contributed by atoms with Crippen LogP contribution < -0.4 is 26.2 Å². The largest absolute Gasteiger partial charge is 0.311 e. The van der Waals surface area contributed by atoms with E-state index in [1.54, 1.807) is 0 Å². The van der Waals surface area contributed by atoms with E-state index in [0.717, 1.165) is 34.1 Å². The van der Waals surface area contributed by atoms with Gasteiger partial charge in [-0.05, 0) is 100 Å². The number of aromatic nitrogens is 2. The maximum atomic E-state index is 2.56. The van der Waals surface area contributed by atoms with Gasteiger partial charge in [0, 0.05) is 66.8 Å². The van der Waals surface area contributed by atoms with Crippen molar-refractivity contribution >= 4 is 101 Å². The summed E-state index contributed by atoms with van der Waals surface area (Å²) in [6, 6.07) is 96.3. The smallest absolute Gasteiger partial charge is 0.252 e. The van der Waals surface area contributed by atoms with Gasteiger partial charge in [-0.25, -0.2) is 0 Å². The van der Waals surface area contributed by atoms with Crippen LogP contribution in [0.1, 0.15) is 0 Å². The van der Waals surface area contributed by atoms with Crippen LogP contribution in [0.2, 0.25) is 0 Å². The Morgan fingerprint density at radius 2 is 0.592 bits per heavy atom. The van der Waals surface area contributed by atoms with E-state index in [4.69, 9.17) is 0 Å². The normalized spacial score (nSPS) is 12.7. The van der Waals surface area contributed by atoms with E-state index >= 15 is 0 Å². The highest BCUT2D eigenvalue weighted by Crippen LogP contribution is 2.49. The molecule has 71 heavy (non-hydrogen) atoms. The van der Waals surface area contributed by atoms with E-state index < -0.39 is 0 Å². The van der Waals surface area contributed by atoms with Crippen LogP contribution in [0.4, 0.5) is 34.1 Å². The number of fused-ring (bicyclic) bond motifs is 10. The number of rotatable bonds is 6. The molecule has 5 heteroatoms. The molecule has 0 saturated carbocycles. The molecule has 0 aliphatic carbocycles. The first-order valence-electron chi connectivity index (χ1n) is 24.6.